The minimum Gasteiger partial charge on any atom is -0.391 e. The first kappa shape index (κ1) is 12.3. The summed E-state index contributed by atoms with van der Waals surface area (Å²) in [5.74, 6) is -0.298. The summed E-state index contributed by atoms with van der Waals surface area (Å²) >= 11 is 0. The van der Waals surface area contributed by atoms with Crippen LogP contribution in [0.2, 0.25) is 0 Å². The predicted octanol–water partition coefficient (Wildman–Crippen LogP) is 0.514. The van der Waals surface area contributed by atoms with Crippen LogP contribution in [0, 0.1) is 5.82 Å². The number of nitrogens with one attached hydrogen (secondary N) is 1. The van der Waals surface area contributed by atoms with Crippen LogP contribution < -0.4 is 5.32 Å². The lowest BCUT2D eigenvalue weighted by atomic mass is 10.3. The van der Waals surface area contributed by atoms with Crippen molar-refractivity contribution in [1.82, 2.24) is 5.32 Å². The monoisotopic (exact) mass is 231 g/mol. The summed E-state index contributed by atoms with van der Waals surface area (Å²) in [6.45, 7) is 0.376. The molecule has 0 saturated heterocycles. The molecule has 0 aromatic heterocycles. The van der Waals surface area contributed by atoms with Gasteiger partial charge in [-0.2, -0.15) is 0 Å². The second-order valence-corrected chi connectivity index (χ2v) is 4.68. The van der Waals surface area contributed by atoms with Crippen LogP contribution >= 0.6 is 0 Å². The van der Waals surface area contributed by atoms with E-state index in [9.17, 15) is 13.7 Å². The lowest BCUT2D eigenvalue weighted by Gasteiger charge is -2.09. The van der Waals surface area contributed by atoms with Gasteiger partial charge in [-0.05, 0) is 25.2 Å². The molecule has 0 fully saturated rings. The summed E-state index contributed by atoms with van der Waals surface area (Å²) in [5.41, 5.74) is 0. The third-order valence-electron chi connectivity index (χ3n) is 1.84. The Labute approximate surface area is 90.8 Å². The number of hydrogen-bond acceptors (Lipinski definition) is 3. The second kappa shape index (κ2) is 5.95. The molecule has 2 atom stereocenters. The summed E-state index contributed by atoms with van der Waals surface area (Å²) in [7, 11) is 0.347. The van der Waals surface area contributed by atoms with Gasteiger partial charge in [0, 0.05) is 11.4 Å². The molecular formula is C10H14FNO2S. The van der Waals surface area contributed by atoms with E-state index in [0.717, 1.165) is 0 Å². The highest BCUT2D eigenvalue weighted by Gasteiger charge is 2.10. The number of benzene rings is 1. The maximum Gasteiger partial charge on any atom is 0.124 e. The zero-order valence-corrected chi connectivity index (χ0v) is 9.26. The number of likely N-dealkylation sites (N-methyl/N-ethyl adjacent to an activating group) is 1. The van der Waals surface area contributed by atoms with Gasteiger partial charge in [0.25, 0.3) is 0 Å². The van der Waals surface area contributed by atoms with Gasteiger partial charge in [0.2, 0.25) is 0 Å². The van der Waals surface area contributed by atoms with Crippen LogP contribution in [0.5, 0.6) is 0 Å². The zero-order valence-electron chi connectivity index (χ0n) is 8.44. The van der Waals surface area contributed by atoms with Crippen LogP contribution in [0.3, 0.4) is 0 Å². The van der Waals surface area contributed by atoms with Crippen LogP contribution in [0.4, 0.5) is 4.39 Å². The average molecular weight is 231 g/mol. The zero-order chi connectivity index (χ0) is 11.3. The predicted molar refractivity (Wildman–Crippen MR) is 57.6 cm³/mol. The Kier molecular flexibility index (Phi) is 4.87. The van der Waals surface area contributed by atoms with Crippen molar-refractivity contribution in [3.8, 4) is 0 Å². The molecule has 2 N–H and O–H groups in total. The molecule has 0 heterocycles. The Morgan fingerprint density at radius 3 is 2.93 bits per heavy atom. The van der Waals surface area contributed by atoms with Gasteiger partial charge in [-0.15, -0.1) is 0 Å². The van der Waals surface area contributed by atoms with Gasteiger partial charge in [0.1, 0.15) is 5.82 Å². The first-order chi connectivity index (χ1) is 7.13. The number of aliphatic hydroxyl groups excluding tert-OH is 1. The minimum atomic E-state index is -1.36. The maximum atomic E-state index is 12.8. The molecule has 1 aromatic carbocycles. The van der Waals surface area contributed by atoms with Crippen LogP contribution in [0.25, 0.3) is 0 Å². The molecule has 0 aliphatic rings. The fourth-order valence-corrected chi connectivity index (χ4v) is 2.31. The largest absolute Gasteiger partial charge is 0.391 e. The second-order valence-electron chi connectivity index (χ2n) is 3.18. The first-order valence-electron chi connectivity index (χ1n) is 4.60. The minimum absolute atomic E-state index is 0.115. The van der Waals surface area contributed by atoms with Gasteiger partial charge in [0.15, 0.2) is 0 Å². The topological polar surface area (TPSA) is 49.3 Å². The van der Waals surface area contributed by atoms with Crippen molar-refractivity contribution in [3.05, 3.63) is 30.1 Å². The lowest BCUT2D eigenvalue weighted by molar-refractivity contribution is 0.198. The van der Waals surface area contributed by atoms with E-state index >= 15 is 0 Å². The molecule has 5 heteroatoms. The van der Waals surface area contributed by atoms with Crippen molar-refractivity contribution in [2.45, 2.75) is 11.0 Å². The summed E-state index contributed by atoms with van der Waals surface area (Å²) in [6, 6.07) is 5.62. The van der Waals surface area contributed by atoms with Gasteiger partial charge in [-0.25, -0.2) is 4.39 Å². The van der Waals surface area contributed by atoms with Gasteiger partial charge in [-0.1, -0.05) is 6.07 Å². The molecule has 2 unspecified atom stereocenters. The van der Waals surface area contributed by atoms with E-state index in [0.29, 0.717) is 11.4 Å². The standard InChI is InChI=1S/C10H14FNO2S/c1-12-6-9(13)7-15(14)10-4-2-3-8(11)5-10/h2-5,9,12-13H,6-7H2,1H3. The van der Waals surface area contributed by atoms with E-state index in [4.69, 9.17) is 0 Å². The van der Waals surface area contributed by atoms with E-state index in [2.05, 4.69) is 5.32 Å². The average Bonchev–Trinajstić information content (AvgIpc) is 2.18. The smallest absolute Gasteiger partial charge is 0.124 e. The molecule has 84 valence electrons. The Hall–Kier alpha value is -0.780. The highest BCUT2D eigenvalue weighted by molar-refractivity contribution is 7.85. The lowest BCUT2D eigenvalue weighted by Crippen LogP contribution is -2.28. The number of hydrogen-bond donors (Lipinski definition) is 2. The van der Waals surface area contributed by atoms with Crippen molar-refractivity contribution < 1.29 is 13.7 Å². The molecule has 0 aliphatic carbocycles. The summed E-state index contributed by atoms with van der Waals surface area (Å²) in [6.07, 6.45) is -0.681. The SMILES string of the molecule is CNCC(O)CS(=O)c1cccc(F)c1. The molecule has 15 heavy (non-hydrogen) atoms. The number of halogens is 1. The van der Waals surface area contributed by atoms with Crippen LogP contribution in [-0.2, 0) is 10.8 Å². The highest BCUT2D eigenvalue weighted by atomic mass is 32.2. The highest BCUT2D eigenvalue weighted by Crippen LogP contribution is 2.09. The van der Waals surface area contributed by atoms with E-state index in [1.54, 1.807) is 13.1 Å². The van der Waals surface area contributed by atoms with Crippen LogP contribution in [0.1, 0.15) is 0 Å². The normalized spacial score (nSPS) is 14.9. The van der Waals surface area contributed by atoms with E-state index in [1.807, 2.05) is 0 Å². The Morgan fingerprint density at radius 2 is 2.33 bits per heavy atom. The Bertz CT molecular complexity index is 346. The van der Waals surface area contributed by atoms with E-state index in [-0.39, 0.29) is 5.75 Å². The van der Waals surface area contributed by atoms with Crippen molar-refractivity contribution in [2.24, 2.45) is 0 Å². The number of rotatable bonds is 5. The quantitative estimate of drug-likeness (QED) is 0.776. The van der Waals surface area contributed by atoms with Crippen LogP contribution in [0.15, 0.2) is 29.2 Å². The molecule has 3 nitrogen and oxygen atoms in total. The van der Waals surface area contributed by atoms with Gasteiger partial charge in [-0.3, -0.25) is 4.21 Å². The fraction of sp³-hybridized carbons (Fsp3) is 0.400. The van der Waals surface area contributed by atoms with Crippen LogP contribution in [-0.4, -0.2) is 34.8 Å². The first-order valence-corrected chi connectivity index (χ1v) is 5.92. The van der Waals surface area contributed by atoms with Gasteiger partial charge < -0.3 is 10.4 Å². The van der Waals surface area contributed by atoms with Crippen molar-refractivity contribution in [1.29, 1.82) is 0 Å². The van der Waals surface area contributed by atoms with Gasteiger partial charge in [0.05, 0.1) is 22.7 Å². The molecule has 1 aromatic rings. The summed E-state index contributed by atoms with van der Waals surface area (Å²) in [5, 5.41) is 12.2. The molecule has 1 rings (SSSR count). The van der Waals surface area contributed by atoms with Crippen molar-refractivity contribution >= 4 is 10.8 Å². The summed E-state index contributed by atoms with van der Waals surface area (Å²) < 4.78 is 24.4. The molecule has 0 bridgehead atoms. The molecular weight excluding hydrogens is 217 g/mol. The molecule has 0 radical (unpaired) electrons. The van der Waals surface area contributed by atoms with Crippen molar-refractivity contribution in [3.63, 3.8) is 0 Å². The fourth-order valence-electron chi connectivity index (χ4n) is 1.17. The number of aliphatic hydroxyl groups is 1. The third-order valence-corrected chi connectivity index (χ3v) is 3.31. The summed E-state index contributed by atoms with van der Waals surface area (Å²) in [4.78, 5) is 0.408. The van der Waals surface area contributed by atoms with Gasteiger partial charge >= 0.3 is 0 Å². The molecule has 0 saturated carbocycles. The van der Waals surface area contributed by atoms with E-state index < -0.39 is 22.7 Å². The third kappa shape index (κ3) is 4.07. The van der Waals surface area contributed by atoms with E-state index in [1.165, 1.54) is 18.2 Å². The maximum absolute atomic E-state index is 12.8. The Balaban J connectivity index is 2.61. The molecule has 0 aliphatic heterocycles. The molecule has 0 amide bonds. The van der Waals surface area contributed by atoms with Crippen molar-refractivity contribution in [2.75, 3.05) is 19.3 Å². The molecule has 0 spiro atoms. The Morgan fingerprint density at radius 1 is 1.60 bits per heavy atom.